The highest BCUT2D eigenvalue weighted by atomic mass is 16.6. The van der Waals surface area contributed by atoms with E-state index in [0.29, 0.717) is 0 Å². The molecular formula is C27H33N3O6. The van der Waals surface area contributed by atoms with Crippen molar-refractivity contribution in [1.29, 1.82) is 0 Å². The summed E-state index contributed by atoms with van der Waals surface area (Å²) in [7, 11) is 1.46. The molecule has 2 aliphatic rings. The Labute approximate surface area is 211 Å². The normalized spacial score (nSPS) is 18.8. The summed E-state index contributed by atoms with van der Waals surface area (Å²) >= 11 is 0. The van der Waals surface area contributed by atoms with Gasteiger partial charge in [-0.3, -0.25) is 9.69 Å². The van der Waals surface area contributed by atoms with Crippen LogP contribution in [0.25, 0.3) is 11.1 Å². The van der Waals surface area contributed by atoms with Gasteiger partial charge in [-0.05, 0) is 49.4 Å². The molecule has 0 spiro atoms. The molecule has 9 heteroatoms. The van der Waals surface area contributed by atoms with E-state index < -0.39 is 29.9 Å². The Morgan fingerprint density at radius 2 is 1.61 bits per heavy atom. The molecule has 0 saturated carbocycles. The number of nitrogens with one attached hydrogen (secondary N) is 2. The maximum absolute atomic E-state index is 12.8. The first-order valence-corrected chi connectivity index (χ1v) is 12.1. The van der Waals surface area contributed by atoms with Crippen LogP contribution in [0.3, 0.4) is 0 Å². The molecule has 2 aromatic carbocycles. The number of amides is 3. The number of benzene rings is 2. The second-order valence-corrected chi connectivity index (χ2v) is 10.0. The van der Waals surface area contributed by atoms with Gasteiger partial charge >= 0.3 is 12.2 Å². The number of alkyl carbamates (subject to hydrolysis) is 1. The molecule has 2 aromatic rings. The highest BCUT2D eigenvalue weighted by molar-refractivity contribution is 5.86. The quantitative estimate of drug-likeness (QED) is 0.593. The average molecular weight is 496 g/mol. The lowest BCUT2D eigenvalue weighted by Crippen LogP contribution is -2.48. The maximum Gasteiger partial charge on any atom is 0.411 e. The molecule has 0 bridgehead atoms. The van der Waals surface area contributed by atoms with Crippen LogP contribution in [0.5, 0.6) is 0 Å². The third-order valence-corrected chi connectivity index (χ3v) is 6.29. The summed E-state index contributed by atoms with van der Waals surface area (Å²) in [5, 5.41) is 5.44. The summed E-state index contributed by atoms with van der Waals surface area (Å²) in [6.45, 7) is 5.60. The Balaban J connectivity index is 1.40. The van der Waals surface area contributed by atoms with E-state index >= 15 is 0 Å². The van der Waals surface area contributed by atoms with Crippen LogP contribution in [0, 0.1) is 0 Å². The molecule has 4 rings (SSSR count). The Morgan fingerprint density at radius 1 is 1.00 bits per heavy atom. The highest BCUT2D eigenvalue weighted by Crippen LogP contribution is 2.44. The molecule has 0 unspecified atom stereocenters. The van der Waals surface area contributed by atoms with Crippen LogP contribution in [-0.2, 0) is 19.0 Å². The van der Waals surface area contributed by atoms with E-state index in [1.807, 2.05) is 24.3 Å². The van der Waals surface area contributed by atoms with Gasteiger partial charge in [0.1, 0.15) is 25.0 Å². The van der Waals surface area contributed by atoms with Crippen molar-refractivity contribution in [3.8, 4) is 11.1 Å². The SMILES string of the molecule is COCNC(=O)[C@@H]1C[C@@H](NC(=O)OCC2c3ccccc3-c3ccccc32)CN1C(=O)OC(C)(C)C. The minimum absolute atomic E-state index is 0.0158. The van der Waals surface area contributed by atoms with Crippen LogP contribution >= 0.6 is 0 Å². The number of carbonyl (C=O) groups is 3. The van der Waals surface area contributed by atoms with Gasteiger partial charge in [0.15, 0.2) is 0 Å². The van der Waals surface area contributed by atoms with E-state index in [1.54, 1.807) is 20.8 Å². The van der Waals surface area contributed by atoms with Crippen molar-refractivity contribution in [1.82, 2.24) is 15.5 Å². The largest absolute Gasteiger partial charge is 0.449 e. The van der Waals surface area contributed by atoms with E-state index in [-0.39, 0.29) is 38.1 Å². The Kier molecular flexibility index (Phi) is 7.49. The van der Waals surface area contributed by atoms with Gasteiger partial charge in [-0.25, -0.2) is 9.59 Å². The summed E-state index contributed by atoms with van der Waals surface area (Å²) in [4.78, 5) is 39.5. The van der Waals surface area contributed by atoms with Gasteiger partial charge in [-0.15, -0.1) is 0 Å². The summed E-state index contributed by atoms with van der Waals surface area (Å²) in [6, 6.07) is 15.0. The smallest absolute Gasteiger partial charge is 0.411 e. The van der Waals surface area contributed by atoms with Crippen molar-refractivity contribution in [2.75, 3.05) is 27.0 Å². The number of methoxy groups -OCH3 is 1. The van der Waals surface area contributed by atoms with Crippen LogP contribution in [0.4, 0.5) is 9.59 Å². The number of carbonyl (C=O) groups excluding carboxylic acids is 3. The number of ether oxygens (including phenoxy) is 3. The molecule has 0 radical (unpaired) electrons. The van der Waals surface area contributed by atoms with Gasteiger partial charge in [0, 0.05) is 19.6 Å². The standard InChI is InChI=1S/C27H33N3O6/c1-27(2,3)36-26(33)30-14-17(13-23(30)24(31)28-16-34-4)29-25(32)35-15-22-20-11-7-5-9-18(20)19-10-6-8-12-21(19)22/h5-12,17,22-23H,13-16H2,1-4H3,(H,28,31)(H,29,32)/t17-,23+/m1/s1. The van der Waals surface area contributed by atoms with Gasteiger partial charge in [0.05, 0.1) is 6.04 Å². The van der Waals surface area contributed by atoms with Crippen molar-refractivity contribution in [2.45, 2.75) is 50.8 Å². The zero-order valence-electron chi connectivity index (χ0n) is 21.1. The third-order valence-electron chi connectivity index (χ3n) is 6.29. The van der Waals surface area contributed by atoms with Crippen molar-refractivity contribution in [3.63, 3.8) is 0 Å². The molecule has 1 aliphatic carbocycles. The third kappa shape index (κ3) is 5.62. The lowest BCUT2D eigenvalue weighted by atomic mass is 9.98. The number of hydrogen-bond donors (Lipinski definition) is 2. The first-order valence-electron chi connectivity index (χ1n) is 12.1. The monoisotopic (exact) mass is 495 g/mol. The van der Waals surface area contributed by atoms with Crippen molar-refractivity contribution in [3.05, 3.63) is 59.7 Å². The van der Waals surface area contributed by atoms with Gasteiger partial charge in [0.2, 0.25) is 5.91 Å². The first kappa shape index (κ1) is 25.5. The van der Waals surface area contributed by atoms with E-state index in [2.05, 4.69) is 34.9 Å². The molecular weight excluding hydrogens is 462 g/mol. The Morgan fingerprint density at radius 3 is 2.19 bits per heavy atom. The molecule has 3 amide bonds. The second kappa shape index (κ2) is 10.6. The van der Waals surface area contributed by atoms with E-state index in [0.717, 1.165) is 22.3 Å². The number of hydrogen-bond acceptors (Lipinski definition) is 6. The molecule has 9 nitrogen and oxygen atoms in total. The molecule has 2 N–H and O–H groups in total. The minimum Gasteiger partial charge on any atom is -0.449 e. The van der Waals surface area contributed by atoms with Gasteiger partial charge in [-0.2, -0.15) is 0 Å². The summed E-state index contributed by atoms with van der Waals surface area (Å²) in [5.41, 5.74) is 3.83. The first-order chi connectivity index (χ1) is 17.2. The Bertz CT molecular complexity index is 1080. The zero-order valence-corrected chi connectivity index (χ0v) is 21.1. The molecule has 1 saturated heterocycles. The van der Waals surface area contributed by atoms with Crippen LogP contribution in [0.15, 0.2) is 48.5 Å². The molecule has 36 heavy (non-hydrogen) atoms. The number of fused-ring (bicyclic) bond motifs is 3. The second-order valence-electron chi connectivity index (χ2n) is 10.0. The molecule has 1 fully saturated rings. The fourth-order valence-electron chi connectivity index (χ4n) is 4.78. The minimum atomic E-state index is -0.797. The fraction of sp³-hybridized carbons (Fsp3) is 0.444. The molecule has 1 aliphatic heterocycles. The molecule has 192 valence electrons. The van der Waals surface area contributed by atoms with E-state index in [4.69, 9.17) is 14.2 Å². The van der Waals surface area contributed by atoms with Crippen molar-refractivity contribution >= 4 is 18.1 Å². The topological polar surface area (TPSA) is 106 Å². The van der Waals surface area contributed by atoms with Gasteiger partial charge < -0.3 is 24.8 Å². The van der Waals surface area contributed by atoms with Gasteiger partial charge in [-0.1, -0.05) is 48.5 Å². The molecule has 1 heterocycles. The lowest BCUT2D eigenvalue weighted by molar-refractivity contribution is -0.126. The van der Waals surface area contributed by atoms with Gasteiger partial charge in [0.25, 0.3) is 0 Å². The average Bonchev–Trinajstić information content (AvgIpc) is 3.40. The van der Waals surface area contributed by atoms with Crippen LogP contribution < -0.4 is 10.6 Å². The van der Waals surface area contributed by atoms with Crippen LogP contribution in [0.2, 0.25) is 0 Å². The molecule has 2 atom stereocenters. The fourth-order valence-corrected chi connectivity index (χ4v) is 4.78. The van der Waals surface area contributed by atoms with Crippen LogP contribution in [-0.4, -0.2) is 67.7 Å². The molecule has 0 aromatic heterocycles. The number of nitrogens with zero attached hydrogens (tertiary/aromatic N) is 1. The lowest BCUT2D eigenvalue weighted by Gasteiger charge is -2.27. The van der Waals surface area contributed by atoms with Crippen molar-refractivity contribution < 1.29 is 28.6 Å². The zero-order chi connectivity index (χ0) is 25.9. The maximum atomic E-state index is 12.8. The summed E-state index contributed by atoms with van der Waals surface area (Å²) in [5.74, 6) is -0.433. The predicted octanol–water partition coefficient (Wildman–Crippen LogP) is 3.62. The number of rotatable bonds is 6. The van der Waals surface area contributed by atoms with E-state index in [1.165, 1.54) is 12.0 Å². The number of likely N-dealkylation sites (tertiary alicyclic amines) is 1. The summed E-state index contributed by atoms with van der Waals surface area (Å²) < 4.78 is 16.0. The Hall–Kier alpha value is -3.59. The predicted molar refractivity (Wildman–Crippen MR) is 133 cm³/mol. The van der Waals surface area contributed by atoms with E-state index in [9.17, 15) is 14.4 Å². The highest BCUT2D eigenvalue weighted by Gasteiger charge is 2.42. The van der Waals surface area contributed by atoms with Crippen LogP contribution in [0.1, 0.15) is 44.2 Å². The summed E-state index contributed by atoms with van der Waals surface area (Å²) in [6.07, 6.45) is -0.972. The van der Waals surface area contributed by atoms with Crippen molar-refractivity contribution in [2.24, 2.45) is 0 Å².